The van der Waals surface area contributed by atoms with Crippen molar-refractivity contribution >= 4 is 29.0 Å². The lowest BCUT2D eigenvalue weighted by atomic mass is 9.76. The van der Waals surface area contributed by atoms with Crippen LogP contribution in [0.25, 0.3) is 0 Å². The summed E-state index contributed by atoms with van der Waals surface area (Å²) in [5.74, 6) is -2.04. The largest absolute Gasteiger partial charge is 0.299 e. The molecule has 0 radical (unpaired) electrons. The molecule has 0 heterocycles. The molecule has 0 unspecified atom stereocenters. The van der Waals surface area contributed by atoms with Gasteiger partial charge in [-0.05, 0) is 30.5 Å². The van der Waals surface area contributed by atoms with Gasteiger partial charge in [0.1, 0.15) is 11.7 Å². The minimum atomic E-state index is -1.03. The van der Waals surface area contributed by atoms with Crippen molar-refractivity contribution in [3.63, 3.8) is 0 Å². The van der Waals surface area contributed by atoms with Crippen molar-refractivity contribution in [3.8, 4) is 0 Å². The highest BCUT2D eigenvalue weighted by molar-refractivity contribution is 6.30. The molecule has 0 saturated heterocycles. The highest BCUT2D eigenvalue weighted by atomic mass is 35.5. The van der Waals surface area contributed by atoms with Crippen LogP contribution >= 0.6 is 11.6 Å². The summed E-state index contributed by atoms with van der Waals surface area (Å²) in [6.07, 6.45) is 0.495. The fourth-order valence-corrected chi connectivity index (χ4v) is 2.52. The van der Waals surface area contributed by atoms with Gasteiger partial charge >= 0.3 is 0 Å². The third kappa shape index (κ3) is 2.51. The second-order valence-electron chi connectivity index (χ2n) is 4.63. The first kappa shape index (κ1) is 13.0. The number of halogens is 1. The molecule has 1 aromatic carbocycles. The van der Waals surface area contributed by atoms with E-state index >= 15 is 0 Å². The minimum absolute atomic E-state index is 0.127. The first-order valence-corrected chi connectivity index (χ1v) is 6.18. The highest BCUT2D eigenvalue weighted by Gasteiger charge is 2.38. The predicted octanol–water partition coefficient (Wildman–Crippen LogP) is 2.56. The van der Waals surface area contributed by atoms with Gasteiger partial charge in [-0.25, -0.2) is 0 Å². The normalized spacial score (nSPS) is 24.1. The van der Waals surface area contributed by atoms with E-state index in [1.807, 2.05) is 12.1 Å². The summed E-state index contributed by atoms with van der Waals surface area (Å²) in [6, 6.07) is 7.12. The Morgan fingerprint density at radius 2 is 1.61 bits per heavy atom. The Hall–Kier alpha value is -1.48. The summed E-state index contributed by atoms with van der Waals surface area (Å²) in [5, 5.41) is 0.619. The van der Waals surface area contributed by atoms with E-state index in [-0.39, 0.29) is 36.1 Å². The lowest BCUT2D eigenvalue weighted by Gasteiger charge is -2.25. The van der Waals surface area contributed by atoms with E-state index < -0.39 is 5.92 Å². The van der Waals surface area contributed by atoms with E-state index in [4.69, 9.17) is 11.6 Å². The predicted molar refractivity (Wildman–Crippen MR) is 67.6 cm³/mol. The van der Waals surface area contributed by atoms with Crippen molar-refractivity contribution in [1.29, 1.82) is 0 Å². The van der Waals surface area contributed by atoms with Crippen LogP contribution in [0.5, 0.6) is 0 Å². The van der Waals surface area contributed by atoms with Crippen molar-refractivity contribution in [1.82, 2.24) is 0 Å². The van der Waals surface area contributed by atoms with Gasteiger partial charge in [-0.2, -0.15) is 0 Å². The van der Waals surface area contributed by atoms with Crippen LogP contribution < -0.4 is 0 Å². The maximum absolute atomic E-state index is 11.8. The molecule has 0 aromatic heterocycles. The monoisotopic (exact) mass is 264 g/mol. The Morgan fingerprint density at radius 3 is 2.06 bits per heavy atom. The molecule has 1 aromatic rings. The van der Waals surface area contributed by atoms with Gasteiger partial charge in [0.2, 0.25) is 0 Å². The van der Waals surface area contributed by atoms with Crippen LogP contribution in [-0.4, -0.2) is 17.3 Å². The number of ketones is 3. The Morgan fingerprint density at radius 1 is 1.11 bits per heavy atom. The van der Waals surface area contributed by atoms with Gasteiger partial charge in [-0.1, -0.05) is 23.7 Å². The molecule has 0 atom stereocenters. The van der Waals surface area contributed by atoms with E-state index in [0.717, 1.165) is 5.56 Å². The van der Waals surface area contributed by atoms with Crippen LogP contribution in [0.4, 0.5) is 0 Å². The number of rotatable bonds is 2. The zero-order chi connectivity index (χ0) is 13.3. The third-order valence-electron chi connectivity index (χ3n) is 3.29. The smallest absolute Gasteiger partial charge is 0.151 e. The number of benzene rings is 1. The zero-order valence-corrected chi connectivity index (χ0v) is 10.7. The van der Waals surface area contributed by atoms with E-state index in [2.05, 4.69) is 0 Å². The summed E-state index contributed by atoms with van der Waals surface area (Å²) >= 11 is 5.79. The molecule has 1 saturated carbocycles. The number of hydrogen-bond donors (Lipinski definition) is 0. The lowest BCUT2D eigenvalue weighted by molar-refractivity contribution is -0.141. The van der Waals surface area contributed by atoms with Crippen molar-refractivity contribution in [2.45, 2.75) is 25.7 Å². The molecular weight excluding hydrogens is 252 g/mol. The number of hydrogen-bond acceptors (Lipinski definition) is 3. The summed E-state index contributed by atoms with van der Waals surface area (Å²) in [4.78, 5) is 34.9. The molecule has 3 nitrogen and oxygen atoms in total. The highest BCUT2D eigenvalue weighted by Crippen LogP contribution is 2.32. The second kappa shape index (κ2) is 5.02. The molecule has 0 bridgehead atoms. The van der Waals surface area contributed by atoms with Crippen LogP contribution in [-0.2, 0) is 14.4 Å². The number of carbonyl (C=O) groups excluding carboxylic acids is 3. The SMILES string of the molecule is CC(=O)C1C(=O)CC(c2ccc(Cl)cc2)CC1=O. The molecule has 1 aliphatic rings. The van der Waals surface area contributed by atoms with Gasteiger partial charge in [0.05, 0.1) is 0 Å². The molecule has 0 N–H and O–H groups in total. The Balaban J connectivity index is 2.20. The average molecular weight is 265 g/mol. The minimum Gasteiger partial charge on any atom is -0.299 e. The van der Waals surface area contributed by atoms with E-state index in [1.165, 1.54) is 6.92 Å². The molecule has 0 amide bonds. The summed E-state index contributed by atoms with van der Waals surface area (Å²) in [5.41, 5.74) is 0.920. The lowest BCUT2D eigenvalue weighted by Crippen LogP contribution is -2.36. The molecule has 1 fully saturated rings. The Kier molecular flexibility index (Phi) is 3.62. The van der Waals surface area contributed by atoms with Crippen LogP contribution in [0.15, 0.2) is 24.3 Å². The maximum atomic E-state index is 11.8. The van der Waals surface area contributed by atoms with E-state index in [0.29, 0.717) is 5.02 Å². The topological polar surface area (TPSA) is 51.2 Å². The molecular formula is C14H13ClO3. The average Bonchev–Trinajstić information content (AvgIpc) is 2.28. The molecule has 1 aliphatic carbocycles. The van der Waals surface area contributed by atoms with Gasteiger partial charge in [0.15, 0.2) is 11.6 Å². The quantitative estimate of drug-likeness (QED) is 0.772. The van der Waals surface area contributed by atoms with Crippen molar-refractivity contribution < 1.29 is 14.4 Å². The molecule has 4 heteroatoms. The van der Waals surface area contributed by atoms with Gasteiger partial charge in [0, 0.05) is 17.9 Å². The second-order valence-corrected chi connectivity index (χ2v) is 5.07. The van der Waals surface area contributed by atoms with Gasteiger partial charge < -0.3 is 0 Å². The molecule has 0 spiro atoms. The summed E-state index contributed by atoms with van der Waals surface area (Å²) < 4.78 is 0. The number of carbonyl (C=O) groups is 3. The van der Waals surface area contributed by atoms with Crippen LogP contribution in [0.3, 0.4) is 0 Å². The fraction of sp³-hybridized carbons (Fsp3) is 0.357. The van der Waals surface area contributed by atoms with Crippen LogP contribution in [0.1, 0.15) is 31.2 Å². The van der Waals surface area contributed by atoms with Gasteiger partial charge in [-0.3, -0.25) is 14.4 Å². The molecule has 94 valence electrons. The number of Topliss-reactive ketones (excluding diaryl/α,β-unsaturated/α-hetero) is 3. The van der Waals surface area contributed by atoms with Gasteiger partial charge in [-0.15, -0.1) is 0 Å². The molecule has 18 heavy (non-hydrogen) atoms. The summed E-state index contributed by atoms with van der Waals surface area (Å²) in [7, 11) is 0. The Bertz CT molecular complexity index is 486. The van der Waals surface area contributed by atoms with Crippen molar-refractivity contribution in [2.24, 2.45) is 5.92 Å². The first-order valence-electron chi connectivity index (χ1n) is 5.80. The van der Waals surface area contributed by atoms with Gasteiger partial charge in [0.25, 0.3) is 0 Å². The fourth-order valence-electron chi connectivity index (χ4n) is 2.40. The maximum Gasteiger partial charge on any atom is 0.151 e. The summed E-state index contributed by atoms with van der Waals surface area (Å²) in [6.45, 7) is 1.29. The van der Waals surface area contributed by atoms with Crippen LogP contribution in [0.2, 0.25) is 5.02 Å². The van der Waals surface area contributed by atoms with Crippen LogP contribution in [0, 0.1) is 5.92 Å². The Labute approximate surface area is 110 Å². The molecule has 0 aliphatic heterocycles. The van der Waals surface area contributed by atoms with E-state index in [1.54, 1.807) is 12.1 Å². The van der Waals surface area contributed by atoms with Crippen molar-refractivity contribution in [2.75, 3.05) is 0 Å². The molecule has 2 rings (SSSR count). The zero-order valence-electron chi connectivity index (χ0n) is 9.98. The third-order valence-corrected chi connectivity index (χ3v) is 3.54. The van der Waals surface area contributed by atoms with Crippen molar-refractivity contribution in [3.05, 3.63) is 34.9 Å². The standard InChI is InChI=1S/C14H13ClO3/c1-8(16)14-12(17)6-10(7-13(14)18)9-2-4-11(15)5-3-9/h2-5,10,14H,6-7H2,1H3. The van der Waals surface area contributed by atoms with E-state index in [9.17, 15) is 14.4 Å². The first-order chi connectivity index (χ1) is 8.49.